The first-order chi connectivity index (χ1) is 45.5. The number of rotatable bonds is 11. The maximum atomic E-state index is 13.4. The van der Waals surface area contributed by atoms with Gasteiger partial charge in [-0.2, -0.15) is 0 Å². The van der Waals surface area contributed by atoms with Gasteiger partial charge in [-0.1, -0.05) is 162 Å². The normalized spacial score (nSPS) is 39.8. The molecular formula is C79H95N3O9S2. The van der Waals surface area contributed by atoms with Crippen LogP contribution in [0.2, 0.25) is 0 Å². The SMILES string of the molecule is CCC1Cc2cc(O)c(OC3CC(Cc4ccc[nH]4)C4=CCNC(N)=C4CSSCC(CO)C3O)cc2C2CC(O)C3C(C#CC45CC(c6ccccc6)C6C7C=CC(c8ccccc87)C7C8CCCCC8C=CC7C6(C=CC4C(O)CCC3OCCO)C5CO)C=C12. The molecule has 93 heavy (non-hydrogen) atoms. The number of H-pyrrole nitrogens is 1. The summed E-state index contributed by atoms with van der Waals surface area (Å²) < 4.78 is 13.8. The van der Waals surface area contributed by atoms with Gasteiger partial charge in [0.05, 0.1) is 37.6 Å². The van der Waals surface area contributed by atoms with Gasteiger partial charge in [-0.05, 0) is 169 Å². The van der Waals surface area contributed by atoms with Crippen molar-refractivity contribution in [1.29, 1.82) is 0 Å². The Hall–Kier alpha value is -5.44. The average Bonchev–Trinajstić information content (AvgIpc) is 0.769. The standard InChI is InChI=1S/C79H95N3O9S2/c1-2-45-33-49-36-67(87)70(91-71-37-50(34-52-14-10-29-81-52)53-26-30-82-77(80)63(53)44-93-92-43-51(41-84)76(71)89)39-60(49)61-38-68(88)73-48(35-59(45)61)24-27-78-40-62(46-11-4-3-5-12-46)75-58-20-19-57(55-16-8-9-17-56(55)58)74-54-15-7-6-13-47(54)18-21-65(74)79(75,72(78)42-85)28-25-64(78)66(86)22-23-69(73)90-32-31-83/h3-5,8-12,14,16-21,25-26,28-29,35-36,39,45,47-48,50-51,54,57-58,61-62,64-66,68-69,71-76,81-89H,2,6-7,13,15,22-23,30-34,37-38,40-44,80H2,1H3. The van der Waals surface area contributed by atoms with Crippen LogP contribution in [0.1, 0.15) is 128 Å². The fourth-order valence-electron chi connectivity index (χ4n) is 21.3. The van der Waals surface area contributed by atoms with E-state index < -0.39 is 65.0 Å². The van der Waals surface area contributed by atoms with Crippen molar-refractivity contribution in [3.05, 3.63) is 190 Å². The van der Waals surface area contributed by atoms with Gasteiger partial charge in [-0.3, -0.25) is 0 Å². The minimum atomic E-state index is -1.09. The average molecular weight is 1290 g/mol. The molecule has 4 aromatic rings. The highest BCUT2D eigenvalue weighted by Crippen LogP contribution is 2.75. The van der Waals surface area contributed by atoms with Crippen molar-refractivity contribution in [2.24, 2.45) is 87.6 Å². The molecule has 3 aromatic carbocycles. The van der Waals surface area contributed by atoms with Crippen LogP contribution in [-0.2, 0) is 17.6 Å². The van der Waals surface area contributed by atoms with E-state index in [-0.39, 0.29) is 91.2 Å². The number of ether oxygens (including phenoxy) is 2. The van der Waals surface area contributed by atoms with Crippen molar-refractivity contribution in [2.75, 3.05) is 44.5 Å². The van der Waals surface area contributed by atoms with Gasteiger partial charge in [0.1, 0.15) is 11.9 Å². The Morgan fingerprint density at radius 2 is 1.60 bits per heavy atom. The molecule has 23 unspecified atom stereocenters. The fourth-order valence-corrected chi connectivity index (χ4v) is 23.8. The molecule has 11 N–H and O–H groups in total. The zero-order chi connectivity index (χ0) is 63.7. The van der Waals surface area contributed by atoms with E-state index in [4.69, 9.17) is 15.2 Å². The molecule has 492 valence electrons. The number of hydrogen-bond donors (Lipinski definition) is 10. The number of nitrogens with one attached hydrogen (secondary N) is 2. The van der Waals surface area contributed by atoms with Crippen LogP contribution in [0.15, 0.2) is 156 Å². The Morgan fingerprint density at radius 3 is 2.40 bits per heavy atom. The smallest absolute Gasteiger partial charge is 0.161 e. The van der Waals surface area contributed by atoms with Crippen LogP contribution in [0.3, 0.4) is 0 Å². The molecule has 3 heterocycles. The van der Waals surface area contributed by atoms with E-state index >= 15 is 0 Å². The van der Waals surface area contributed by atoms with Gasteiger partial charge >= 0.3 is 0 Å². The van der Waals surface area contributed by atoms with Gasteiger partial charge in [0.2, 0.25) is 0 Å². The van der Waals surface area contributed by atoms with Gasteiger partial charge < -0.3 is 61.3 Å². The van der Waals surface area contributed by atoms with E-state index in [1.54, 1.807) is 21.6 Å². The highest BCUT2D eigenvalue weighted by Gasteiger charge is 2.70. The molecule has 3 fully saturated rings. The number of dihydropyridines is 1. The van der Waals surface area contributed by atoms with Gasteiger partial charge in [0.25, 0.3) is 0 Å². The maximum absolute atomic E-state index is 13.4. The molecular weight excluding hydrogens is 1200 g/mol. The molecule has 11 aliphatic rings. The lowest BCUT2D eigenvalue weighted by atomic mass is 9.34. The van der Waals surface area contributed by atoms with Crippen LogP contribution in [0, 0.1) is 93.7 Å². The van der Waals surface area contributed by atoms with Gasteiger partial charge in [0, 0.05) is 107 Å². The number of allylic oxidation sites excluding steroid dienone is 8. The second kappa shape index (κ2) is 26.5. The van der Waals surface area contributed by atoms with Crippen LogP contribution in [0.4, 0.5) is 0 Å². The number of hydrogen-bond acceptors (Lipinski definition) is 13. The predicted octanol–water partition coefficient (Wildman–Crippen LogP) is 11.5. The van der Waals surface area contributed by atoms with Crippen LogP contribution in [0.25, 0.3) is 0 Å². The third-order valence-electron chi connectivity index (χ3n) is 25.3. The van der Waals surface area contributed by atoms with E-state index in [0.29, 0.717) is 86.6 Å². The first kappa shape index (κ1) is 63.6. The molecule has 1 aromatic heterocycles. The third-order valence-corrected chi connectivity index (χ3v) is 27.7. The number of aromatic nitrogens is 1. The van der Waals surface area contributed by atoms with Crippen molar-refractivity contribution in [3.8, 4) is 23.3 Å². The van der Waals surface area contributed by atoms with Crippen molar-refractivity contribution in [2.45, 2.75) is 138 Å². The van der Waals surface area contributed by atoms with Gasteiger partial charge in [-0.15, -0.1) is 0 Å². The van der Waals surface area contributed by atoms with Crippen molar-refractivity contribution in [1.82, 2.24) is 10.3 Å². The summed E-state index contributed by atoms with van der Waals surface area (Å²) in [6, 6.07) is 28.2. The Bertz CT molecular complexity index is 3630. The van der Waals surface area contributed by atoms with E-state index in [2.05, 4.69) is 138 Å². The molecule has 0 radical (unpaired) electrons. The van der Waals surface area contributed by atoms with Crippen LogP contribution >= 0.6 is 21.6 Å². The molecule has 12 nitrogen and oxygen atoms in total. The molecule has 4 bridgehead atoms. The summed E-state index contributed by atoms with van der Waals surface area (Å²) in [7, 11) is 3.26. The molecule has 23 atom stereocenters. The van der Waals surface area contributed by atoms with E-state index in [1.807, 2.05) is 24.4 Å². The highest BCUT2D eigenvalue weighted by atomic mass is 33.1. The molecule has 14 heteroatoms. The Morgan fingerprint density at radius 1 is 0.785 bits per heavy atom. The molecule has 2 aliphatic heterocycles. The second-order valence-electron chi connectivity index (χ2n) is 29.5. The van der Waals surface area contributed by atoms with Crippen molar-refractivity contribution < 1.29 is 45.2 Å². The van der Waals surface area contributed by atoms with E-state index in [1.165, 1.54) is 47.9 Å². The zero-order valence-electron chi connectivity index (χ0n) is 53.6. The number of benzene rings is 3. The minimum absolute atomic E-state index is 0.00135. The largest absolute Gasteiger partial charge is 0.504 e. The minimum Gasteiger partial charge on any atom is -0.504 e. The number of aliphatic hydroxyl groups is 6. The summed E-state index contributed by atoms with van der Waals surface area (Å²) in [4.78, 5) is 3.40. The van der Waals surface area contributed by atoms with Crippen LogP contribution in [-0.4, -0.2) is 116 Å². The summed E-state index contributed by atoms with van der Waals surface area (Å²) >= 11 is 0. The number of phenols is 1. The molecule has 0 amide bonds. The molecule has 1 saturated heterocycles. The number of nitrogens with two attached hydrogens (primary N) is 1. The summed E-state index contributed by atoms with van der Waals surface area (Å²) in [6.45, 7) is 2.32. The first-order valence-corrected chi connectivity index (χ1v) is 37.7. The van der Waals surface area contributed by atoms with Crippen molar-refractivity contribution >= 4 is 21.6 Å². The molecule has 15 rings (SSSR count). The molecule has 2 saturated carbocycles. The Kier molecular flexibility index (Phi) is 18.1. The topological polar surface area (TPSA) is 214 Å². The number of fused-ring (bicyclic) bond motifs is 10. The summed E-state index contributed by atoms with van der Waals surface area (Å²) in [5, 5.41) is 89.1. The highest BCUT2D eigenvalue weighted by molar-refractivity contribution is 8.76. The lowest BCUT2D eigenvalue weighted by molar-refractivity contribution is -0.149. The van der Waals surface area contributed by atoms with E-state index in [9.17, 15) is 35.7 Å². The first-order valence-electron chi connectivity index (χ1n) is 35.2. The lowest BCUT2D eigenvalue weighted by Gasteiger charge is -2.69. The summed E-state index contributed by atoms with van der Waals surface area (Å²) in [6.07, 6.45) is 26.6. The molecule has 2 spiro atoms. The summed E-state index contributed by atoms with van der Waals surface area (Å²) in [5.41, 5.74) is 15.7. The van der Waals surface area contributed by atoms with Crippen LogP contribution in [0.5, 0.6) is 11.5 Å². The Balaban J connectivity index is 0.866. The van der Waals surface area contributed by atoms with Crippen LogP contribution < -0.4 is 15.8 Å². The predicted molar refractivity (Wildman–Crippen MR) is 368 cm³/mol. The van der Waals surface area contributed by atoms with Gasteiger partial charge in [0.15, 0.2) is 11.5 Å². The molecule has 9 aliphatic carbocycles. The number of aliphatic hydroxyl groups excluding tert-OH is 6. The second-order valence-corrected chi connectivity index (χ2v) is 32.0. The number of aromatic hydroxyl groups is 1. The van der Waals surface area contributed by atoms with Crippen molar-refractivity contribution in [3.63, 3.8) is 0 Å². The zero-order valence-corrected chi connectivity index (χ0v) is 55.2. The third kappa shape index (κ3) is 11.1. The maximum Gasteiger partial charge on any atom is 0.161 e. The number of aromatic amines is 1. The lowest BCUT2D eigenvalue weighted by Crippen LogP contribution is -2.66. The monoisotopic (exact) mass is 1290 g/mol. The Labute approximate surface area is 557 Å². The number of phenolic OH excluding ortho intramolecular Hbond substituents is 1. The fraction of sp³-hybridized carbons (Fsp3) is 0.544. The van der Waals surface area contributed by atoms with Gasteiger partial charge in [-0.25, -0.2) is 0 Å². The quantitative estimate of drug-likeness (QED) is 0.0385. The summed E-state index contributed by atoms with van der Waals surface area (Å²) in [5.74, 6) is 9.25. The van der Waals surface area contributed by atoms with E-state index in [0.717, 1.165) is 34.4 Å².